The Hall–Kier alpha value is -3.87. The number of amides is 1. The minimum absolute atomic E-state index is 0.00887. The summed E-state index contributed by atoms with van der Waals surface area (Å²) < 4.78 is 10.4. The molecule has 0 aliphatic rings. The molecule has 0 unspecified atom stereocenters. The van der Waals surface area contributed by atoms with Gasteiger partial charge in [0, 0.05) is 34.9 Å². The Bertz CT molecular complexity index is 1030. The average molecular weight is 391 g/mol. The molecule has 1 heterocycles. The fraction of sp³-hybridized carbons (Fsp3) is 0.136. The minimum Gasteiger partial charge on any atom is -0.493 e. The smallest absolute Gasteiger partial charge is 0.274 e. The van der Waals surface area contributed by atoms with Crippen LogP contribution in [-0.2, 0) is 0 Å². The van der Waals surface area contributed by atoms with Crippen molar-refractivity contribution in [3.8, 4) is 11.5 Å². The number of methoxy groups -OCH3 is 2. The van der Waals surface area contributed by atoms with E-state index in [1.54, 1.807) is 67.9 Å². The summed E-state index contributed by atoms with van der Waals surface area (Å²) in [5.41, 5.74) is 2.96. The largest absolute Gasteiger partial charge is 0.493 e. The number of rotatable bonds is 7. The van der Waals surface area contributed by atoms with E-state index in [1.807, 2.05) is 0 Å². The van der Waals surface area contributed by atoms with E-state index in [9.17, 15) is 9.59 Å². The van der Waals surface area contributed by atoms with E-state index in [0.717, 1.165) is 5.69 Å². The number of benzene rings is 2. The first-order valence-corrected chi connectivity index (χ1v) is 8.87. The van der Waals surface area contributed by atoms with Gasteiger partial charge >= 0.3 is 0 Å². The minimum atomic E-state index is -0.354. The summed E-state index contributed by atoms with van der Waals surface area (Å²) in [7, 11) is 3.08. The maximum Gasteiger partial charge on any atom is 0.274 e. The Kier molecular flexibility index (Phi) is 6.09. The molecule has 7 heteroatoms. The van der Waals surface area contributed by atoms with Crippen LogP contribution in [0.3, 0.4) is 0 Å². The quantitative estimate of drug-likeness (QED) is 0.584. The predicted octanol–water partition coefficient (Wildman–Crippen LogP) is 4.30. The average Bonchev–Trinajstić information content (AvgIpc) is 2.74. The van der Waals surface area contributed by atoms with Crippen molar-refractivity contribution in [2.75, 3.05) is 24.9 Å². The molecule has 3 rings (SSSR count). The summed E-state index contributed by atoms with van der Waals surface area (Å²) in [5.74, 6) is 0.746. The number of nitrogens with zero attached hydrogens (tertiary/aromatic N) is 1. The third kappa shape index (κ3) is 4.90. The Morgan fingerprint density at radius 2 is 1.52 bits per heavy atom. The van der Waals surface area contributed by atoms with Gasteiger partial charge in [-0.05, 0) is 55.5 Å². The summed E-state index contributed by atoms with van der Waals surface area (Å²) >= 11 is 0. The van der Waals surface area contributed by atoms with Crippen molar-refractivity contribution in [1.29, 1.82) is 0 Å². The highest BCUT2D eigenvalue weighted by Crippen LogP contribution is 2.30. The van der Waals surface area contributed by atoms with Crippen LogP contribution in [-0.4, -0.2) is 30.9 Å². The number of pyridine rings is 1. The lowest BCUT2D eigenvalue weighted by molar-refractivity contribution is 0.101. The van der Waals surface area contributed by atoms with Crippen LogP contribution in [0.1, 0.15) is 27.8 Å². The Labute approximate surface area is 168 Å². The molecule has 1 aromatic heterocycles. The number of ketones is 1. The van der Waals surface area contributed by atoms with E-state index in [1.165, 1.54) is 14.0 Å². The molecular weight excluding hydrogens is 370 g/mol. The molecule has 2 N–H and O–H groups in total. The highest BCUT2D eigenvalue weighted by Gasteiger charge is 2.11. The monoisotopic (exact) mass is 391 g/mol. The molecule has 0 fully saturated rings. The summed E-state index contributed by atoms with van der Waals surface area (Å²) in [6.07, 6.45) is 1.55. The van der Waals surface area contributed by atoms with Crippen molar-refractivity contribution < 1.29 is 19.1 Å². The molecule has 0 spiro atoms. The fourth-order valence-corrected chi connectivity index (χ4v) is 2.70. The molecule has 0 atom stereocenters. The van der Waals surface area contributed by atoms with Crippen molar-refractivity contribution >= 4 is 28.8 Å². The Morgan fingerprint density at radius 1 is 0.828 bits per heavy atom. The molecule has 0 saturated heterocycles. The summed E-state index contributed by atoms with van der Waals surface area (Å²) in [6.45, 7) is 1.52. The second-order valence-corrected chi connectivity index (χ2v) is 6.21. The van der Waals surface area contributed by atoms with Gasteiger partial charge < -0.3 is 20.1 Å². The van der Waals surface area contributed by atoms with Crippen LogP contribution in [0.15, 0.2) is 60.8 Å². The molecule has 0 aliphatic carbocycles. The van der Waals surface area contributed by atoms with Gasteiger partial charge in [0.25, 0.3) is 5.91 Å². The molecule has 0 bridgehead atoms. The van der Waals surface area contributed by atoms with Crippen molar-refractivity contribution in [1.82, 2.24) is 4.98 Å². The van der Waals surface area contributed by atoms with E-state index in [-0.39, 0.29) is 17.4 Å². The zero-order valence-corrected chi connectivity index (χ0v) is 16.4. The van der Waals surface area contributed by atoms with Crippen LogP contribution in [0, 0.1) is 0 Å². The third-order valence-electron chi connectivity index (χ3n) is 4.21. The van der Waals surface area contributed by atoms with Crippen LogP contribution in [0.2, 0.25) is 0 Å². The molecular formula is C22H21N3O4. The Morgan fingerprint density at radius 3 is 2.17 bits per heavy atom. The third-order valence-corrected chi connectivity index (χ3v) is 4.21. The van der Waals surface area contributed by atoms with Gasteiger partial charge in [0.1, 0.15) is 5.69 Å². The maximum atomic E-state index is 12.6. The van der Waals surface area contributed by atoms with Gasteiger partial charge in [0.15, 0.2) is 17.3 Å². The SMILES string of the molecule is COc1ccc(NC(=O)c2cc(Nc3ccc(C(C)=O)cc3)ccn2)cc1OC. The van der Waals surface area contributed by atoms with Crippen LogP contribution in [0.25, 0.3) is 0 Å². The van der Waals surface area contributed by atoms with E-state index in [4.69, 9.17) is 9.47 Å². The van der Waals surface area contributed by atoms with Crippen molar-refractivity contribution in [3.63, 3.8) is 0 Å². The van der Waals surface area contributed by atoms with E-state index < -0.39 is 0 Å². The predicted molar refractivity (Wildman–Crippen MR) is 111 cm³/mol. The lowest BCUT2D eigenvalue weighted by Gasteiger charge is -2.11. The molecule has 2 aromatic carbocycles. The standard InChI is InChI=1S/C22H21N3O4/c1-14(26)15-4-6-16(7-5-15)24-18-10-11-23-19(12-18)22(27)25-17-8-9-20(28-2)21(13-17)29-3/h4-13H,1-3H3,(H,23,24)(H,25,27). The summed E-state index contributed by atoms with van der Waals surface area (Å²) in [5, 5.41) is 5.99. The summed E-state index contributed by atoms with van der Waals surface area (Å²) in [4.78, 5) is 28.1. The first-order valence-electron chi connectivity index (χ1n) is 8.87. The molecule has 3 aromatic rings. The number of hydrogen-bond acceptors (Lipinski definition) is 6. The highest BCUT2D eigenvalue weighted by molar-refractivity contribution is 6.03. The van der Waals surface area contributed by atoms with Crippen LogP contribution in [0.5, 0.6) is 11.5 Å². The molecule has 7 nitrogen and oxygen atoms in total. The van der Waals surface area contributed by atoms with Gasteiger partial charge in [-0.15, -0.1) is 0 Å². The van der Waals surface area contributed by atoms with E-state index in [0.29, 0.717) is 28.4 Å². The van der Waals surface area contributed by atoms with Gasteiger partial charge in [0.05, 0.1) is 14.2 Å². The first-order chi connectivity index (χ1) is 14.0. The number of nitrogens with one attached hydrogen (secondary N) is 2. The van der Waals surface area contributed by atoms with Crippen molar-refractivity contribution in [2.24, 2.45) is 0 Å². The van der Waals surface area contributed by atoms with E-state index >= 15 is 0 Å². The molecule has 29 heavy (non-hydrogen) atoms. The van der Waals surface area contributed by atoms with Gasteiger partial charge in [-0.3, -0.25) is 14.6 Å². The van der Waals surface area contributed by atoms with E-state index in [2.05, 4.69) is 15.6 Å². The lowest BCUT2D eigenvalue weighted by Crippen LogP contribution is -2.14. The number of carbonyl (C=O) groups excluding carboxylic acids is 2. The summed E-state index contributed by atoms with van der Waals surface area (Å²) in [6, 6.07) is 15.6. The number of ether oxygens (including phenoxy) is 2. The molecule has 0 radical (unpaired) electrons. The van der Waals surface area contributed by atoms with Gasteiger partial charge in [-0.25, -0.2) is 0 Å². The van der Waals surface area contributed by atoms with Gasteiger partial charge in [-0.1, -0.05) is 0 Å². The van der Waals surface area contributed by atoms with Crippen molar-refractivity contribution in [3.05, 3.63) is 72.1 Å². The number of Topliss-reactive ketones (excluding diaryl/α,β-unsaturated/α-hetero) is 1. The molecule has 1 amide bonds. The number of carbonyl (C=O) groups is 2. The Balaban J connectivity index is 1.73. The number of anilines is 3. The highest BCUT2D eigenvalue weighted by atomic mass is 16.5. The second kappa shape index (κ2) is 8.88. The number of hydrogen-bond donors (Lipinski definition) is 2. The molecule has 0 saturated carbocycles. The van der Waals surface area contributed by atoms with Crippen LogP contribution in [0.4, 0.5) is 17.1 Å². The first kappa shape index (κ1) is 19.9. The fourth-order valence-electron chi connectivity index (χ4n) is 2.70. The topological polar surface area (TPSA) is 89.6 Å². The van der Waals surface area contributed by atoms with Gasteiger partial charge in [-0.2, -0.15) is 0 Å². The zero-order valence-electron chi connectivity index (χ0n) is 16.4. The molecule has 0 aliphatic heterocycles. The van der Waals surface area contributed by atoms with Crippen LogP contribution >= 0.6 is 0 Å². The lowest BCUT2D eigenvalue weighted by atomic mass is 10.1. The second-order valence-electron chi connectivity index (χ2n) is 6.21. The number of aromatic nitrogens is 1. The molecule has 148 valence electrons. The van der Waals surface area contributed by atoms with Gasteiger partial charge in [0.2, 0.25) is 0 Å². The normalized spacial score (nSPS) is 10.2. The maximum absolute atomic E-state index is 12.6. The van der Waals surface area contributed by atoms with Crippen LogP contribution < -0.4 is 20.1 Å². The van der Waals surface area contributed by atoms with Crippen molar-refractivity contribution in [2.45, 2.75) is 6.92 Å². The zero-order chi connectivity index (χ0) is 20.8.